The molecule has 1 aliphatic rings. The van der Waals surface area contributed by atoms with Crippen LogP contribution < -0.4 is 0 Å². The molecule has 3 heteroatoms. The summed E-state index contributed by atoms with van der Waals surface area (Å²) in [5.74, 6) is -0.325. The van der Waals surface area contributed by atoms with Gasteiger partial charge in [-0.1, -0.05) is 6.42 Å². The fraction of sp³-hybridized carbons (Fsp3) is 0.500. The van der Waals surface area contributed by atoms with Gasteiger partial charge >= 0.3 is 5.97 Å². The van der Waals surface area contributed by atoms with Crippen molar-refractivity contribution in [2.24, 2.45) is 7.05 Å². The summed E-state index contributed by atoms with van der Waals surface area (Å²) in [4.78, 5) is 10.9. The molecule has 0 unspecified atom stereocenters. The van der Waals surface area contributed by atoms with Gasteiger partial charge in [-0.2, -0.15) is 0 Å². The zero-order valence-electron chi connectivity index (χ0n) is 7.66. The Kier molecular flexibility index (Phi) is 1.87. The van der Waals surface area contributed by atoms with Crippen molar-refractivity contribution in [3.8, 4) is 0 Å². The number of hydrogen-bond donors (Lipinski definition) is 1. The summed E-state index contributed by atoms with van der Waals surface area (Å²) in [6.07, 6.45) is 5.34. The average Bonchev–Trinajstić information content (AvgIpc) is 2.30. The van der Waals surface area contributed by atoms with Crippen LogP contribution in [-0.4, -0.2) is 15.6 Å². The maximum absolute atomic E-state index is 10.9. The van der Waals surface area contributed by atoms with E-state index in [2.05, 4.69) is 0 Å². The van der Waals surface area contributed by atoms with Crippen molar-refractivity contribution in [1.29, 1.82) is 0 Å². The second-order valence-corrected chi connectivity index (χ2v) is 3.66. The van der Waals surface area contributed by atoms with Gasteiger partial charge in [0.05, 0.1) is 5.56 Å². The molecule has 3 nitrogen and oxygen atoms in total. The lowest BCUT2D eigenvalue weighted by Crippen LogP contribution is -2.16. The molecular weight excluding hydrogens is 166 g/mol. The predicted octanol–water partition coefficient (Wildman–Crippen LogP) is 1.99. The first kappa shape index (κ1) is 8.35. The number of rotatable bonds is 2. The van der Waals surface area contributed by atoms with E-state index in [1.54, 1.807) is 6.07 Å². The van der Waals surface area contributed by atoms with Crippen molar-refractivity contribution >= 4 is 5.97 Å². The molecule has 2 rings (SSSR count). The Morgan fingerprint density at radius 3 is 2.77 bits per heavy atom. The van der Waals surface area contributed by atoms with Crippen molar-refractivity contribution in [3.05, 3.63) is 23.5 Å². The second kappa shape index (κ2) is 2.91. The monoisotopic (exact) mass is 179 g/mol. The number of carbonyl (C=O) groups is 1. The van der Waals surface area contributed by atoms with E-state index in [1.807, 2.05) is 17.8 Å². The molecule has 1 N–H and O–H groups in total. The second-order valence-electron chi connectivity index (χ2n) is 3.66. The minimum Gasteiger partial charge on any atom is -0.478 e. The molecule has 0 saturated heterocycles. The summed E-state index contributed by atoms with van der Waals surface area (Å²) >= 11 is 0. The number of carboxylic acid groups (broad SMARTS) is 1. The molecule has 1 heterocycles. The van der Waals surface area contributed by atoms with E-state index < -0.39 is 5.97 Å². The van der Waals surface area contributed by atoms with Gasteiger partial charge in [0, 0.05) is 24.9 Å². The Hall–Kier alpha value is -1.25. The lowest BCUT2D eigenvalue weighted by molar-refractivity contribution is 0.0694. The molecule has 1 fully saturated rings. The summed E-state index contributed by atoms with van der Waals surface area (Å²) in [6, 6.07) is 1.69. The highest BCUT2D eigenvalue weighted by Crippen LogP contribution is 2.38. The molecular formula is C10H13NO2. The molecule has 0 aromatic carbocycles. The zero-order valence-corrected chi connectivity index (χ0v) is 7.66. The first-order chi connectivity index (χ1) is 6.20. The van der Waals surface area contributed by atoms with Gasteiger partial charge in [-0.3, -0.25) is 0 Å². The Labute approximate surface area is 77.0 Å². The molecule has 0 amide bonds. The Bertz CT molecular complexity index is 337. The number of aryl methyl sites for hydroxylation is 1. The number of hydrogen-bond acceptors (Lipinski definition) is 1. The maximum atomic E-state index is 10.9. The molecule has 1 saturated carbocycles. The van der Waals surface area contributed by atoms with Gasteiger partial charge in [-0.15, -0.1) is 0 Å². The van der Waals surface area contributed by atoms with Crippen LogP contribution in [0.25, 0.3) is 0 Å². The lowest BCUT2D eigenvalue weighted by atomic mass is 9.81. The molecule has 70 valence electrons. The van der Waals surface area contributed by atoms with Crippen LogP contribution in [0.2, 0.25) is 0 Å². The zero-order chi connectivity index (χ0) is 9.42. The summed E-state index contributed by atoms with van der Waals surface area (Å²) in [5, 5.41) is 8.93. The molecule has 0 aliphatic heterocycles. The molecule has 0 atom stereocenters. The van der Waals surface area contributed by atoms with Gasteiger partial charge in [0.2, 0.25) is 0 Å². The van der Waals surface area contributed by atoms with Crippen LogP contribution >= 0.6 is 0 Å². The Morgan fingerprint density at radius 1 is 1.62 bits per heavy atom. The van der Waals surface area contributed by atoms with Crippen molar-refractivity contribution in [3.63, 3.8) is 0 Å². The molecule has 1 aromatic rings. The third kappa shape index (κ3) is 1.24. The maximum Gasteiger partial charge on any atom is 0.337 e. The number of carboxylic acids is 1. The van der Waals surface area contributed by atoms with Crippen molar-refractivity contribution in [1.82, 2.24) is 4.57 Å². The third-order valence-electron chi connectivity index (χ3n) is 2.84. The van der Waals surface area contributed by atoms with E-state index in [-0.39, 0.29) is 0 Å². The molecule has 1 aliphatic carbocycles. The summed E-state index contributed by atoms with van der Waals surface area (Å²) in [5.41, 5.74) is 1.48. The van der Waals surface area contributed by atoms with E-state index in [0.717, 1.165) is 18.5 Å². The predicted molar refractivity (Wildman–Crippen MR) is 49.0 cm³/mol. The van der Waals surface area contributed by atoms with Crippen molar-refractivity contribution in [2.75, 3.05) is 0 Å². The Balaban J connectivity index is 2.39. The van der Waals surface area contributed by atoms with Crippen molar-refractivity contribution in [2.45, 2.75) is 25.2 Å². The van der Waals surface area contributed by atoms with Crippen LogP contribution in [0, 0.1) is 0 Å². The summed E-state index contributed by atoms with van der Waals surface area (Å²) in [6.45, 7) is 0. The van der Waals surface area contributed by atoms with Gasteiger partial charge in [-0.05, 0) is 18.9 Å². The van der Waals surface area contributed by atoms with Crippen LogP contribution in [0.15, 0.2) is 12.3 Å². The Morgan fingerprint density at radius 2 is 2.31 bits per heavy atom. The first-order valence-electron chi connectivity index (χ1n) is 4.58. The molecule has 0 radical (unpaired) electrons. The quantitative estimate of drug-likeness (QED) is 0.754. The normalized spacial score (nSPS) is 17.0. The molecule has 0 bridgehead atoms. The van der Waals surface area contributed by atoms with Crippen LogP contribution in [-0.2, 0) is 7.05 Å². The first-order valence-corrected chi connectivity index (χ1v) is 4.58. The summed E-state index contributed by atoms with van der Waals surface area (Å²) in [7, 11) is 1.92. The van der Waals surface area contributed by atoms with Gasteiger partial charge in [0.15, 0.2) is 0 Å². The van der Waals surface area contributed by atoms with Gasteiger partial charge < -0.3 is 9.67 Å². The van der Waals surface area contributed by atoms with Crippen LogP contribution in [0.4, 0.5) is 0 Å². The fourth-order valence-electron chi connectivity index (χ4n) is 1.91. The smallest absolute Gasteiger partial charge is 0.337 e. The highest BCUT2D eigenvalue weighted by atomic mass is 16.4. The standard InChI is InChI=1S/C10H13NO2/c1-11-6-5-8(10(12)13)9(11)7-3-2-4-7/h5-7H,2-4H2,1H3,(H,12,13). The van der Waals surface area contributed by atoms with E-state index in [4.69, 9.17) is 5.11 Å². The molecule has 1 aromatic heterocycles. The third-order valence-corrected chi connectivity index (χ3v) is 2.84. The van der Waals surface area contributed by atoms with Gasteiger partial charge in [-0.25, -0.2) is 4.79 Å². The van der Waals surface area contributed by atoms with E-state index >= 15 is 0 Å². The van der Waals surface area contributed by atoms with Gasteiger partial charge in [0.25, 0.3) is 0 Å². The largest absolute Gasteiger partial charge is 0.478 e. The fourth-order valence-corrected chi connectivity index (χ4v) is 1.91. The van der Waals surface area contributed by atoms with E-state index in [9.17, 15) is 4.79 Å². The highest BCUT2D eigenvalue weighted by molar-refractivity contribution is 5.89. The minimum atomic E-state index is -0.803. The average molecular weight is 179 g/mol. The van der Waals surface area contributed by atoms with E-state index in [1.165, 1.54) is 6.42 Å². The topological polar surface area (TPSA) is 42.2 Å². The number of aromatic carboxylic acids is 1. The molecule has 0 spiro atoms. The van der Waals surface area contributed by atoms with Crippen molar-refractivity contribution < 1.29 is 9.90 Å². The minimum absolute atomic E-state index is 0.478. The lowest BCUT2D eigenvalue weighted by Gasteiger charge is -2.26. The summed E-state index contributed by atoms with van der Waals surface area (Å²) < 4.78 is 1.94. The van der Waals surface area contributed by atoms with Gasteiger partial charge in [0.1, 0.15) is 0 Å². The van der Waals surface area contributed by atoms with E-state index in [0.29, 0.717) is 11.5 Å². The highest BCUT2D eigenvalue weighted by Gasteiger charge is 2.26. The van der Waals surface area contributed by atoms with Crippen LogP contribution in [0.5, 0.6) is 0 Å². The van der Waals surface area contributed by atoms with Crippen LogP contribution in [0.1, 0.15) is 41.2 Å². The number of aromatic nitrogens is 1. The number of nitrogens with zero attached hydrogens (tertiary/aromatic N) is 1. The SMILES string of the molecule is Cn1ccc(C(=O)O)c1C1CCC1. The van der Waals surface area contributed by atoms with Crippen LogP contribution in [0.3, 0.4) is 0 Å². The molecule has 13 heavy (non-hydrogen) atoms.